The number of amides is 2. The van der Waals surface area contributed by atoms with Crippen LogP contribution in [0.25, 0.3) is 0 Å². The summed E-state index contributed by atoms with van der Waals surface area (Å²) in [7, 11) is 0. The van der Waals surface area contributed by atoms with Gasteiger partial charge in [-0.15, -0.1) is 0 Å². The van der Waals surface area contributed by atoms with Gasteiger partial charge in [0, 0.05) is 0 Å². The largest absolute Gasteiger partial charge is 0.493 e. The molecular weight excluding hydrogens is 438 g/mol. The van der Waals surface area contributed by atoms with E-state index >= 15 is 0 Å². The number of thiocarbonyl (C=S) groups is 1. The van der Waals surface area contributed by atoms with Crippen molar-refractivity contribution in [3.05, 3.63) is 59.2 Å². The molecule has 0 bridgehead atoms. The molecule has 8 heteroatoms. The lowest BCUT2D eigenvalue weighted by Crippen LogP contribution is -2.49. The highest BCUT2D eigenvalue weighted by Crippen LogP contribution is 2.27. The average molecular weight is 472 g/mol. The van der Waals surface area contributed by atoms with Crippen molar-refractivity contribution < 1.29 is 19.1 Å². The molecule has 7 nitrogen and oxygen atoms in total. The minimum atomic E-state index is -0.431. The van der Waals surface area contributed by atoms with Gasteiger partial charge < -0.3 is 9.47 Å². The molecule has 2 amide bonds. The summed E-state index contributed by atoms with van der Waals surface area (Å²) in [6.45, 7) is 10.6. The van der Waals surface area contributed by atoms with E-state index < -0.39 is 11.8 Å². The minimum absolute atomic E-state index is 0.0382. The van der Waals surface area contributed by atoms with Crippen molar-refractivity contribution >= 4 is 29.1 Å². The predicted molar refractivity (Wildman–Crippen MR) is 133 cm³/mol. The smallest absolute Gasteiger partial charge is 0.276 e. The van der Waals surface area contributed by atoms with E-state index in [1.54, 1.807) is 24.3 Å². The zero-order valence-electron chi connectivity index (χ0n) is 19.9. The van der Waals surface area contributed by atoms with Gasteiger partial charge in [0.2, 0.25) is 0 Å². The first-order valence-electron chi connectivity index (χ1n) is 11.0. The molecule has 0 spiro atoms. The number of nitrogens with one attached hydrogen (secondary N) is 3. The molecule has 0 aliphatic heterocycles. The topological polar surface area (TPSA) is 88.7 Å². The van der Waals surface area contributed by atoms with E-state index in [1.807, 2.05) is 25.1 Å². The molecule has 2 rings (SSSR count). The highest BCUT2D eigenvalue weighted by Gasteiger charge is 2.15. The van der Waals surface area contributed by atoms with Gasteiger partial charge in [-0.05, 0) is 66.7 Å². The van der Waals surface area contributed by atoms with Crippen LogP contribution in [0.15, 0.2) is 42.5 Å². The van der Waals surface area contributed by atoms with Crippen molar-refractivity contribution in [2.24, 2.45) is 5.92 Å². The van der Waals surface area contributed by atoms with Gasteiger partial charge in [-0.1, -0.05) is 52.0 Å². The summed E-state index contributed by atoms with van der Waals surface area (Å²) in [6, 6.07) is 12.9. The normalized spacial score (nSPS) is 10.6. The van der Waals surface area contributed by atoms with E-state index in [0.29, 0.717) is 29.6 Å². The molecule has 0 atom stereocenters. The Hall–Kier alpha value is -3.13. The second kappa shape index (κ2) is 12.8. The van der Waals surface area contributed by atoms with Crippen LogP contribution in [0.4, 0.5) is 0 Å². The molecule has 0 radical (unpaired) electrons. The van der Waals surface area contributed by atoms with E-state index in [1.165, 1.54) is 0 Å². The Bertz CT molecular complexity index is 976. The van der Waals surface area contributed by atoms with Gasteiger partial charge in [0.25, 0.3) is 11.8 Å². The van der Waals surface area contributed by atoms with E-state index in [4.69, 9.17) is 21.7 Å². The number of aryl methyl sites for hydroxylation is 1. The Labute approximate surface area is 201 Å². The first-order chi connectivity index (χ1) is 15.7. The molecule has 0 aliphatic rings. The lowest BCUT2D eigenvalue weighted by Gasteiger charge is -2.16. The van der Waals surface area contributed by atoms with Crippen LogP contribution in [-0.4, -0.2) is 30.1 Å². The first kappa shape index (κ1) is 26.1. The van der Waals surface area contributed by atoms with Crippen molar-refractivity contribution in [1.29, 1.82) is 0 Å². The van der Waals surface area contributed by atoms with E-state index in [2.05, 4.69) is 43.9 Å². The fraction of sp³-hybridized carbons (Fsp3) is 0.400. The number of ether oxygens (including phenoxy) is 2. The minimum Gasteiger partial charge on any atom is -0.493 e. The molecule has 0 fully saturated rings. The summed E-state index contributed by atoms with van der Waals surface area (Å²) in [4.78, 5) is 24.8. The zero-order chi connectivity index (χ0) is 24.4. The van der Waals surface area contributed by atoms with Gasteiger partial charge in [0.15, 0.2) is 11.7 Å². The third-order valence-corrected chi connectivity index (χ3v) is 4.98. The molecule has 0 saturated heterocycles. The van der Waals surface area contributed by atoms with Crippen LogP contribution < -0.4 is 25.6 Å². The van der Waals surface area contributed by atoms with Crippen LogP contribution in [-0.2, 0) is 4.79 Å². The number of para-hydroxylation sites is 1. The van der Waals surface area contributed by atoms with Gasteiger partial charge in [-0.25, -0.2) is 0 Å². The number of carbonyl (C=O) groups is 2. The predicted octanol–water partition coefficient (Wildman–Crippen LogP) is 4.26. The fourth-order valence-electron chi connectivity index (χ4n) is 2.94. The van der Waals surface area contributed by atoms with Crippen LogP contribution in [0.3, 0.4) is 0 Å². The van der Waals surface area contributed by atoms with Crippen LogP contribution >= 0.6 is 12.2 Å². The molecule has 0 heterocycles. The Morgan fingerprint density at radius 3 is 2.39 bits per heavy atom. The number of rotatable bonds is 9. The molecule has 0 saturated carbocycles. The van der Waals surface area contributed by atoms with Gasteiger partial charge in [-0.2, -0.15) is 0 Å². The molecule has 0 unspecified atom stereocenters. The third kappa shape index (κ3) is 8.73. The number of carbonyl (C=O) groups excluding carboxylic acids is 2. The molecule has 0 aliphatic carbocycles. The van der Waals surface area contributed by atoms with Crippen molar-refractivity contribution in [2.45, 2.75) is 47.0 Å². The second-order valence-electron chi connectivity index (χ2n) is 8.47. The van der Waals surface area contributed by atoms with Crippen LogP contribution in [0.1, 0.15) is 61.5 Å². The molecular formula is C25H33N3O4S. The summed E-state index contributed by atoms with van der Waals surface area (Å²) in [5, 5.41) is 2.50. The maximum Gasteiger partial charge on any atom is 0.276 e. The Kier molecular flexibility index (Phi) is 10.1. The van der Waals surface area contributed by atoms with E-state index in [9.17, 15) is 9.59 Å². The summed E-state index contributed by atoms with van der Waals surface area (Å²) >= 11 is 5.12. The van der Waals surface area contributed by atoms with Crippen molar-refractivity contribution in [3.8, 4) is 11.5 Å². The zero-order valence-corrected chi connectivity index (χ0v) is 20.7. The van der Waals surface area contributed by atoms with Gasteiger partial charge in [0.05, 0.1) is 12.2 Å². The molecule has 3 N–H and O–H groups in total. The molecule has 33 heavy (non-hydrogen) atoms. The summed E-state index contributed by atoms with van der Waals surface area (Å²) in [6.07, 6.45) is 0.880. The second-order valence-corrected chi connectivity index (χ2v) is 8.88. The van der Waals surface area contributed by atoms with Crippen LogP contribution in [0, 0.1) is 12.8 Å². The quantitative estimate of drug-likeness (QED) is 0.374. The lowest BCUT2D eigenvalue weighted by atomic mass is 10.0. The monoisotopic (exact) mass is 471 g/mol. The number of benzene rings is 2. The SMILES string of the molecule is Cc1ccc(C(C)C)c(OCC(=O)NNC(=S)NC(=O)c2ccccc2OCCC(C)C)c1. The summed E-state index contributed by atoms with van der Waals surface area (Å²) in [5.74, 6) is 1.06. The average Bonchev–Trinajstić information content (AvgIpc) is 2.76. The van der Waals surface area contributed by atoms with Crippen molar-refractivity contribution in [3.63, 3.8) is 0 Å². The lowest BCUT2D eigenvalue weighted by molar-refractivity contribution is -0.123. The Balaban J connectivity index is 1.84. The van der Waals surface area contributed by atoms with Gasteiger partial charge in [0.1, 0.15) is 11.5 Å². The Morgan fingerprint density at radius 2 is 1.70 bits per heavy atom. The molecule has 0 aromatic heterocycles. The van der Waals surface area contributed by atoms with Crippen molar-refractivity contribution in [1.82, 2.24) is 16.2 Å². The molecule has 2 aromatic rings. The fourth-order valence-corrected chi connectivity index (χ4v) is 3.08. The van der Waals surface area contributed by atoms with E-state index in [0.717, 1.165) is 17.5 Å². The standard InChI is InChI=1S/C25H33N3O4S/c1-16(2)12-13-31-21-9-7-6-8-20(21)24(30)26-25(33)28-27-23(29)15-32-22-14-18(5)10-11-19(22)17(3)4/h6-11,14,16-17H,12-13,15H2,1-5H3,(H,27,29)(H2,26,28,30,33). The maximum absolute atomic E-state index is 12.6. The Morgan fingerprint density at radius 1 is 0.970 bits per heavy atom. The highest BCUT2D eigenvalue weighted by atomic mass is 32.1. The third-order valence-electron chi connectivity index (χ3n) is 4.78. The summed E-state index contributed by atoms with van der Waals surface area (Å²) in [5.41, 5.74) is 7.39. The highest BCUT2D eigenvalue weighted by molar-refractivity contribution is 7.80. The summed E-state index contributed by atoms with van der Waals surface area (Å²) < 4.78 is 11.4. The number of hydrogen-bond donors (Lipinski definition) is 3. The molecule has 178 valence electrons. The van der Waals surface area contributed by atoms with Gasteiger partial charge >= 0.3 is 0 Å². The first-order valence-corrected chi connectivity index (χ1v) is 11.4. The van der Waals surface area contributed by atoms with Gasteiger partial charge in [-0.3, -0.25) is 25.8 Å². The number of hydrogen-bond acceptors (Lipinski definition) is 5. The number of hydrazine groups is 1. The van der Waals surface area contributed by atoms with Crippen LogP contribution in [0.2, 0.25) is 0 Å². The van der Waals surface area contributed by atoms with Crippen molar-refractivity contribution in [2.75, 3.05) is 13.2 Å². The van der Waals surface area contributed by atoms with Crippen LogP contribution in [0.5, 0.6) is 11.5 Å². The maximum atomic E-state index is 12.6. The van der Waals surface area contributed by atoms with E-state index in [-0.39, 0.29) is 17.6 Å². The molecule has 2 aromatic carbocycles.